The lowest BCUT2D eigenvalue weighted by atomic mass is 9.92. The van der Waals surface area contributed by atoms with Gasteiger partial charge in [-0.15, -0.1) is 0 Å². The Labute approximate surface area is 150 Å². The summed E-state index contributed by atoms with van der Waals surface area (Å²) in [5, 5.41) is 29.7. The molecule has 0 spiro atoms. The third kappa shape index (κ3) is 3.26. The Morgan fingerprint density at radius 1 is 1.19 bits per heavy atom. The van der Waals surface area contributed by atoms with E-state index in [9.17, 15) is 24.9 Å². The summed E-state index contributed by atoms with van der Waals surface area (Å²) in [4.78, 5) is 23.4. The molecule has 1 aliphatic heterocycles. The number of allylic oxidation sites excluding steroid dienone is 2. The maximum absolute atomic E-state index is 12.6. The van der Waals surface area contributed by atoms with Gasteiger partial charge < -0.3 is 20.1 Å². The van der Waals surface area contributed by atoms with Gasteiger partial charge in [-0.3, -0.25) is 9.59 Å². The number of carbonyl (C=O) groups excluding carboxylic acids is 2. The van der Waals surface area contributed by atoms with Gasteiger partial charge in [-0.1, -0.05) is 18.2 Å². The molecule has 3 N–H and O–H groups in total. The molecule has 0 radical (unpaired) electrons. The van der Waals surface area contributed by atoms with E-state index >= 15 is 0 Å². The van der Waals surface area contributed by atoms with Crippen molar-refractivity contribution in [3.05, 3.63) is 58.7 Å². The summed E-state index contributed by atoms with van der Waals surface area (Å²) in [5.41, 5.74) is 1.53. The molecule has 6 nitrogen and oxygen atoms in total. The van der Waals surface area contributed by atoms with Crippen molar-refractivity contribution in [2.24, 2.45) is 0 Å². The van der Waals surface area contributed by atoms with Crippen molar-refractivity contribution in [2.45, 2.75) is 25.9 Å². The van der Waals surface area contributed by atoms with Crippen LogP contribution in [0.25, 0.3) is 0 Å². The molecule has 0 saturated carbocycles. The van der Waals surface area contributed by atoms with E-state index in [1.54, 1.807) is 25.1 Å². The highest BCUT2D eigenvalue weighted by atomic mass is 16.5. The number of ether oxygens (including phenoxy) is 1. The highest BCUT2D eigenvalue weighted by molar-refractivity contribution is 6.03. The van der Waals surface area contributed by atoms with Gasteiger partial charge in [0, 0.05) is 11.6 Å². The summed E-state index contributed by atoms with van der Waals surface area (Å²) >= 11 is 0. The van der Waals surface area contributed by atoms with E-state index in [1.807, 2.05) is 0 Å². The molecule has 2 aromatic carbocycles. The molecule has 6 heteroatoms. The first-order chi connectivity index (χ1) is 12.4. The average molecular weight is 354 g/mol. The normalized spacial score (nSPS) is 16.7. The molecule has 1 aliphatic rings. The maximum Gasteiger partial charge on any atom is 0.174 e. The van der Waals surface area contributed by atoms with Crippen molar-refractivity contribution in [3.8, 4) is 23.0 Å². The minimum Gasteiger partial charge on any atom is -0.508 e. The summed E-state index contributed by atoms with van der Waals surface area (Å²) in [5.74, 6) is -0.644. The zero-order chi connectivity index (χ0) is 18.8. The lowest BCUT2D eigenvalue weighted by Gasteiger charge is -2.28. The van der Waals surface area contributed by atoms with Crippen molar-refractivity contribution >= 4 is 12.1 Å². The molecular weight excluding hydrogens is 336 g/mol. The predicted octanol–water partition coefficient (Wildman–Crippen LogP) is 3.20. The van der Waals surface area contributed by atoms with Crippen LogP contribution >= 0.6 is 0 Å². The number of fused-ring (bicyclic) bond motifs is 1. The van der Waals surface area contributed by atoms with Crippen LogP contribution in [-0.4, -0.2) is 27.4 Å². The van der Waals surface area contributed by atoms with Crippen LogP contribution in [0.15, 0.2) is 42.0 Å². The van der Waals surface area contributed by atoms with E-state index in [0.717, 1.165) is 6.07 Å². The third-order valence-corrected chi connectivity index (χ3v) is 4.33. The average Bonchev–Trinajstić information content (AvgIpc) is 2.61. The number of hydrogen-bond acceptors (Lipinski definition) is 6. The van der Waals surface area contributed by atoms with Crippen molar-refractivity contribution in [3.63, 3.8) is 0 Å². The molecule has 1 atom stereocenters. The molecule has 134 valence electrons. The van der Waals surface area contributed by atoms with Gasteiger partial charge in [-0.2, -0.15) is 0 Å². The lowest BCUT2D eigenvalue weighted by Crippen LogP contribution is -2.21. The first kappa shape index (κ1) is 17.5. The van der Waals surface area contributed by atoms with Gasteiger partial charge in [0.05, 0.1) is 6.42 Å². The Kier molecular flexibility index (Phi) is 4.67. The fourth-order valence-corrected chi connectivity index (χ4v) is 2.91. The molecule has 0 amide bonds. The molecule has 2 aromatic rings. The quantitative estimate of drug-likeness (QED) is 0.575. The Balaban J connectivity index is 2.06. The van der Waals surface area contributed by atoms with Crippen LogP contribution in [0.2, 0.25) is 0 Å². The number of aromatic hydroxyl groups is 3. The second-order valence-corrected chi connectivity index (χ2v) is 6.19. The molecule has 1 heterocycles. The Bertz CT molecular complexity index is 896. The number of hydrogen-bond donors (Lipinski definition) is 3. The van der Waals surface area contributed by atoms with E-state index < -0.39 is 6.10 Å². The van der Waals surface area contributed by atoms with E-state index in [2.05, 4.69) is 0 Å². The molecule has 26 heavy (non-hydrogen) atoms. The second-order valence-electron chi connectivity index (χ2n) is 6.19. The number of rotatable bonds is 4. The monoisotopic (exact) mass is 354 g/mol. The van der Waals surface area contributed by atoms with Crippen molar-refractivity contribution in [2.75, 3.05) is 0 Å². The number of carbonyl (C=O) groups is 2. The highest BCUT2D eigenvalue weighted by Gasteiger charge is 2.33. The zero-order valence-electron chi connectivity index (χ0n) is 14.1. The minimum atomic E-state index is -0.605. The van der Waals surface area contributed by atoms with Gasteiger partial charge in [0.25, 0.3) is 0 Å². The maximum atomic E-state index is 12.6. The van der Waals surface area contributed by atoms with Gasteiger partial charge in [0.15, 0.2) is 5.78 Å². The summed E-state index contributed by atoms with van der Waals surface area (Å²) in [7, 11) is 0. The van der Waals surface area contributed by atoms with Crippen LogP contribution < -0.4 is 4.74 Å². The van der Waals surface area contributed by atoms with Gasteiger partial charge >= 0.3 is 0 Å². The molecule has 0 aromatic heterocycles. The second kappa shape index (κ2) is 6.92. The predicted molar refractivity (Wildman–Crippen MR) is 93.7 cm³/mol. The molecule has 0 bridgehead atoms. The highest BCUT2D eigenvalue weighted by Crippen LogP contribution is 2.45. The van der Waals surface area contributed by atoms with Crippen LogP contribution in [0, 0.1) is 0 Å². The topological polar surface area (TPSA) is 104 Å². The smallest absolute Gasteiger partial charge is 0.174 e. The van der Waals surface area contributed by atoms with Crippen LogP contribution in [0.1, 0.15) is 40.9 Å². The van der Waals surface area contributed by atoms with E-state index in [4.69, 9.17) is 4.74 Å². The number of aldehydes is 1. The fourth-order valence-electron chi connectivity index (χ4n) is 2.91. The van der Waals surface area contributed by atoms with Gasteiger partial charge in [-0.25, -0.2) is 0 Å². The Hall–Kier alpha value is -3.28. The fraction of sp³-hybridized carbons (Fsp3) is 0.200. The number of phenols is 3. The van der Waals surface area contributed by atoms with E-state index in [-0.39, 0.29) is 47.2 Å². The molecule has 0 fully saturated rings. The largest absolute Gasteiger partial charge is 0.508 e. The molecule has 0 aliphatic carbocycles. The Morgan fingerprint density at radius 2 is 1.88 bits per heavy atom. The molecule has 3 rings (SSSR count). The first-order valence-corrected chi connectivity index (χ1v) is 8.09. The first-order valence-electron chi connectivity index (χ1n) is 8.09. The van der Waals surface area contributed by atoms with E-state index in [0.29, 0.717) is 23.0 Å². The van der Waals surface area contributed by atoms with Crippen molar-refractivity contribution in [1.82, 2.24) is 0 Å². The lowest BCUT2D eigenvalue weighted by molar-refractivity contribution is -0.104. The van der Waals surface area contributed by atoms with Crippen LogP contribution in [0.3, 0.4) is 0 Å². The molecular formula is C20H18O6. The van der Waals surface area contributed by atoms with Gasteiger partial charge in [0.1, 0.15) is 41.0 Å². The van der Waals surface area contributed by atoms with E-state index in [1.165, 1.54) is 12.1 Å². The van der Waals surface area contributed by atoms with Crippen molar-refractivity contribution < 1.29 is 29.6 Å². The number of benzene rings is 2. The number of phenolic OH excluding ortho intramolecular Hbond substituents is 3. The van der Waals surface area contributed by atoms with Crippen molar-refractivity contribution in [1.29, 1.82) is 0 Å². The van der Waals surface area contributed by atoms with Crippen LogP contribution in [-0.2, 0) is 11.2 Å². The summed E-state index contributed by atoms with van der Waals surface area (Å²) in [6.07, 6.45) is 1.89. The summed E-state index contributed by atoms with van der Waals surface area (Å²) in [6, 6.07) is 7.40. The third-order valence-electron chi connectivity index (χ3n) is 4.33. The standard InChI is InChI=1S/C20H18O6/c1-11(10-21)2-7-14-15(23)8-16(24)19-17(25)9-18(26-20(14)19)12-3-5-13(22)6-4-12/h2-6,8,10,18,22-24H,7,9H2,1H3/b11-2+. The number of Topliss-reactive ketones (excluding diaryl/α,β-unsaturated/α-hetero) is 1. The minimum absolute atomic E-state index is 0.0265. The zero-order valence-corrected chi connectivity index (χ0v) is 14.1. The SMILES string of the molecule is C/C(C=O)=C\Cc1c(O)cc(O)c2c1OC(c1ccc(O)cc1)CC2=O. The number of ketones is 1. The summed E-state index contributed by atoms with van der Waals surface area (Å²) in [6.45, 7) is 1.63. The Morgan fingerprint density at radius 3 is 2.54 bits per heavy atom. The van der Waals surface area contributed by atoms with Crippen LogP contribution in [0.5, 0.6) is 23.0 Å². The summed E-state index contributed by atoms with van der Waals surface area (Å²) < 4.78 is 5.95. The molecule has 0 saturated heterocycles. The van der Waals surface area contributed by atoms with Gasteiger partial charge in [0.2, 0.25) is 0 Å². The molecule has 1 unspecified atom stereocenters. The van der Waals surface area contributed by atoms with Crippen LogP contribution in [0.4, 0.5) is 0 Å². The van der Waals surface area contributed by atoms with Gasteiger partial charge in [-0.05, 0) is 36.6 Å².